The molecule has 0 bridgehead atoms. The Morgan fingerprint density at radius 3 is 2.69 bits per heavy atom. The van der Waals surface area contributed by atoms with E-state index >= 15 is 0 Å². The minimum atomic E-state index is 0.568. The van der Waals surface area contributed by atoms with Gasteiger partial charge in [0.2, 0.25) is 0 Å². The predicted octanol–water partition coefficient (Wildman–Crippen LogP) is 3.69. The first-order chi connectivity index (χ1) is 7.72. The van der Waals surface area contributed by atoms with Gasteiger partial charge in [-0.05, 0) is 41.8 Å². The maximum absolute atomic E-state index is 3.41. The van der Waals surface area contributed by atoms with Gasteiger partial charge < -0.3 is 5.32 Å². The van der Waals surface area contributed by atoms with Gasteiger partial charge in [-0.2, -0.15) is 0 Å². The van der Waals surface area contributed by atoms with Gasteiger partial charge >= 0.3 is 0 Å². The first-order valence-corrected chi connectivity index (χ1v) is 6.72. The first kappa shape index (κ1) is 11.6. The summed E-state index contributed by atoms with van der Waals surface area (Å²) in [6.07, 6.45) is 1.12. The van der Waals surface area contributed by atoms with Gasteiger partial charge in [0.1, 0.15) is 0 Å². The molecule has 0 saturated heterocycles. The largest absolute Gasteiger partial charge is 0.316 e. The molecular weight excluding hydrogens is 214 g/mol. The van der Waals surface area contributed by atoms with Crippen molar-refractivity contribution in [2.75, 3.05) is 7.05 Å². The van der Waals surface area contributed by atoms with Gasteiger partial charge in [-0.25, -0.2) is 0 Å². The summed E-state index contributed by atoms with van der Waals surface area (Å²) in [5.74, 6) is 0.670. The van der Waals surface area contributed by atoms with Crippen molar-refractivity contribution in [2.45, 2.75) is 26.3 Å². The molecule has 1 N–H and O–H groups in total. The lowest BCUT2D eigenvalue weighted by Crippen LogP contribution is -2.32. The maximum Gasteiger partial charge on any atom is 0.0345 e. The molecule has 1 nitrogen and oxygen atoms in total. The normalized spacial score (nSPS) is 13.5. The Morgan fingerprint density at radius 1 is 1.25 bits per heavy atom. The summed E-state index contributed by atoms with van der Waals surface area (Å²) in [6.45, 7) is 4.55. The lowest BCUT2D eigenvalue weighted by molar-refractivity contribution is 0.426. The number of fused-ring (bicyclic) bond motifs is 1. The molecule has 0 aliphatic heterocycles. The van der Waals surface area contributed by atoms with Crippen molar-refractivity contribution in [1.29, 1.82) is 0 Å². The Morgan fingerprint density at radius 2 is 2.00 bits per heavy atom. The number of hydrogen-bond acceptors (Lipinski definition) is 2. The Hall–Kier alpha value is -0.860. The third-order valence-corrected chi connectivity index (χ3v) is 4.19. The molecule has 1 atom stereocenters. The quantitative estimate of drug-likeness (QED) is 0.849. The van der Waals surface area contributed by atoms with Crippen molar-refractivity contribution in [1.82, 2.24) is 5.32 Å². The summed E-state index contributed by atoms with van der Waals surface area (Å²) in [6, 6.07) is 9.24. The lowest BCUT2D eigenvalue weighted by Gasteiger charge is -2.19. The van der Waals surface area contributed by atoms with Crippen LogP contribution >= 0.6 is 11.3 Å². The van der Waals surface area contributed by atoms with Crippen LogP contribution in [0, 0.1) is 5.92 Å². The van der Waals surface area contributed by atoms with Crippen LogP contribution in [0.2, 0.25) is 0 Å². The minimum absolute atomic E-state index is 0.568. The fourth-order valence-electron chi connectivity index (χ4n) is 2.10. The fourth-order valence-corrected chi connectivity index (χ4v) is 3.07. The third-order valence-electron chi connectivity index (χ3n) is 3.18. The molecule has 0 aliphatic carbocycles. The van der Waals surface area contributed by atoms with E-state index in [4.69, 9.17) is 0 Å². The van der Waals surface area contributed by atoms with Gasteiger partial charge in [0.05, 0.1) is 0 Å². The first-order valence-electron chi connectivity index (χ1n) is 5.84. The van der Waals surface area contributed by atoms with Crippen LogP contribution in [0.3, 0.4) is 0 Å². The zero-order valence-corrected chi connectivity index (χ0v) is 11.0. The van der Waals surface area contributed by atoms with E-state index in [1.807, 2.05) is 11.3 Å². The molecule has 16 heavy (non-hydrogen) atoms. The molecule has 1 aromatic heterocycles. The average Bonchev–Trinajstić information content (AvgIpc) is 2.69. The van der Waals surface area contributed by atoms with Crippen molar-refractivity contribution < 1.29 is 0 Å². The van der Waals surface area contributed by atoms with Gasteiger partial charge in [-0.1, -0.05) is 32.0 Å². The van der Waals surface area contributed by atoms with Gasteiger partial charge in [-0.15, -0.1) is 11.3 Å². The van der Waals surface area contributed by atoms with Crippen LogP contribution in [-0.2, 0) is 6.42 Å². The monoisotopic (exact) mass is 233 g/mol. The second kappa shape index (κ2) is 4.98. The van der Waals surface area contributed by atoms with Crippen LogP contribution in [0.25, 0.3) is 10.1 Å². The lowest BCUT2D eigenvalue weighted by atomic mass is 9.96. The fraction of sp³-hybridized carbons (Fsp3) is 0.429. The molecule has 0 aliphatic rings. The number of benzene rings is 1. The Bertz CT molecular complexity index is 458. The third kappa shape index (κ3) is 2.28. The van der Waals surface area contributed by atoms with Crippen LogP contribution < -0.4 is 5.32 Å². The average molecular weight is 233 g/mol. The van der Waals surface area contributed by atoms with Gasteiger partial charge in [0.15, 0.2) is 0 Å². The second-order valence-electron chi connectivity index (χ2n) is 4.60. The number of rotatable bonds is 4. The van der Waals surface area contributed by atoms with Crippen LogP contribution in [0.5, 0.6) is 0 Å². The molecule has 0 fully saturated rings. The highest BCUT2D eigenvalue weighted by atomic mass is 32.1. The molecule has 1 heterocycles. The van der Waals surface area contributed by atoms with Crippen molar-refractivity contribution in [2.24, 2.45) is 5.92 Å². The molecule has 86 valence electrons. The van der Waals surface area contributed by atoms with E-state index in [-0.39, 0.29) is 0 Å². The zero-order chi connectivity index (χ0) is 11.5. The van der Waals surface area contributed by atoms with Crippen LogP contribution in [0.1, 0.15) is 19.4 Å². The second-order valence-corrected chi connectivity index (χ2v) is 5.51. The summed E-state index contributed by atoms with van der Waals surface area (Å²) in [5.41, 5.74) is 1.48. The predicted molar refractivity (Wildman–Crippen MR) is 73.2 cm³/mol. The summed E-state index contributed by atoms with van der Waals surface area (Å²) in [4.78, 5) is 0. The number of hydrogen-bond donors (Lipinski definition) is 1. The SMILES string of the molecule is CNC(Cc1csc2ccccc12)C(C)C. The van der Waals surface area contributed by atoms with E-state index in [0.29, 0.717) is 12.0 Å². The molecule has 0 spiro atoms. The molecule has 1 aromatic carbocycles. The van der Waals surface area contributed by atoms with E-state index in [9.17, 15) is 0 Å². The Balaban J connectivity index is 2.27. The summed E-state index contributed by atoms with van der Waals surface area (Å²) < 4.78 is 1.40. The summed E-state index contributed by atoms with van der Waals surface area (Å²) in [7, 11) is 2.05. The number of likely N-dealkylation sites (N-methyl/N-ethyl adjacent to an activating group) is 1. The number of nitrogens with one attached hydrogen (secondary N) is 1. The maximum atomic E-state index is 3.41. The Kier molecular flexibility index (Phi) is 3.62. The van der Waals surface area contributed by atoms with Gasteiger partial charge in [0, 0.05) is 10.7 Å². The minimum Gasteiger partial charge on any atom is -0.316 e. The summed E-state index contributed by atoms with van der Waals surface area (Å²) in [5, 5.41) is 7.14. The van der Waals surface area contributed by atoms with Crippen LogP contribution in [-0.4, -0.2) is 13.1 Å². The molecule has 2 aromatic rings. The molecule has 2 heteroatoms. The van der Waals surface area contributed by atoms with Gasteiger partial charge in [0.25, 0.3) is 0 Å². The van der Waals surface area contributed by atoms with Crippen LogP contribution in [0.15, 0.2) is 29.6 Å². The number of thiophene rings is 1. The molecule has 0 radical (unpaired) electrons. The highest BCUT2D eigenvalue weighted by molar-refractivity contribution is 7.17. The Labute approximate surface area is 101 Å². The summed E-state index contributed by atoms with van der Waals surface area (Å²) >= 11 is 1.85. The van der Waals surface area contributed by atoms with Crippen molar-refractivity contribution in [3.8, 4) is 0 Å². The molecule has 2 rings (SSSR count). The van der Waals surface area contributed by atoms with Crippen LogP contribution in [0.4, 0.5) is 0 Å². The van der Waals surface area contributed by atoms with E-state index in [2.05, 4.69) is 55.9 Å². The molecule has 1 unspecified atom stereocenters. The van der Waals surface area contributed by atoms with Gasteiger partial charge in [-0.3, -0.25) is 0 Å². The van der Waals surface area contributed by atoms with Crippen molar-refractivity contribution >= 4 is 21.4 Å². The molecule has 0 amide bonds. The van der Waals surface area contributed by atoms with E-state index in [1.165, 1.54) is 15.6 Å². The molecular formula is C14H19NS. The molecule has 0 saturated carbocycles. The standard InChI is InChI=1S/C14H19NS/c1-10(2)13(15-3)8-11-9-16-14-7-5-4-6-12(11)14/h4-7,9-10,13,15H,8H2,1-3H3. The highest BCUT2D eigenvalue weighted by Crippen LogP contribution is 2.27. The smallest absolute Gasteiger partial charge is 0.0345 e. The topological polar surface area (TPSA) is 12.0 Å². The van der Waals surface area contributed by atoms with E-state index in [1.54, 1.807) is 0 Å². The van der Waals surface area contributed by atoms with E-state index in [0.717, 1.165) is 6.42 Å². The zero-order valence-electron chi connectivity index (χ0n) is 10.2. The van der Waals surface area contributed by atoms with Crippen molar-refractivity contribution in [3.05, 3.63) is 35.2 Å². The van der Waals surface area contributed by atoms with E-state index < -0.39 is 0 Å². The van der Waals surface area contributed by atoms with Crippen molar-refractivity contribution in [3.63, 3.8) is 0 Å². The highest BCUT2D eigenvalue weighted by Gasteiger charge is 2.13.